The van der Waals surface area contributed by atoms with Crippen LogP contribution >= 0.6 is 24.8 Å². The van der Waals surface area contributed by atoms with E-state index < -0.39 is 0 Å². The fraction of sp³-hybridized carbons (Fsp3) is 0.429. The van der Waals surface area contributed by atoms with E-state index in [1.807, 2.05) is 6.08 Å². The molecule has 1 saturated heterocycles. The molecule has 4 heteroatoms. The lowest BCUT2D eigenvalue weighted by atomic mass is 10.0. The highest BCUT2D eigenvalue weighted by atomic mass is 35.5. The predicted molar refractivity (Wildman–Crippen MR) is 82.9 cm³/mol. The van der Waals surface area contributed by atoms with Gasteiger partial charge in [-0.2, -0.15) is 0 Å². The van der Waals surface area contributed by atoms with Crippen molar-refractivity contribution >= 4 is 24.8 Å². The summed E-state index contributed by atoms with van der Waals surface area (Å²) in [6.45, 7) is 8.34. The van der Waals surface area contributed by atoms with Crippen LogP contribution in [0.15, 0.2) is 43.0 Å². The maximum atomic E-state index is 3.88. The van der Waals surface area contributed by atoms with Gasteiger partial charge in [0.2, 0.25) is 0 Å². The Morgan fingerprint density at radius 2 is 1.78 bits per heavy atom. The smallest absolute Gasteiger partial charge is 0.0383 e. The lowest BCUT2D eigenvalue weighted by Crippen LogP contribution is -2.45. The normalized spacial score (nSPS) is 17.1. The summed E-state index contributed by atoms with van der Waals surface area (Å²) in [6, 6.07) is 11.3. The van der Waals surface area contributed by atoms with Crippen molar-refractivity contribution in [3.8, 4) is 0 Å². The first-order chi connectivity index (χ1) is 7.92. The number of hydrogen-bond acceptors (Lipinski definition) is 2. The SMILES string of the molecule is C=CC[C@@H](c1ccccc1)N1CCNCC1.Cl.Cl. The first-order valence-electron chi connectivity index (χ1n) is 6.02. The van der Waals surface area contributed by atoms with Gasteiger partial charge < -0.3 is 5.32 Å². The van der Waals surface area contributed by atoms with Crippen LogP contribution in [0.5, 0.6) is 0 Å². The monoisotopic (exact) mass is 288 g/mol. The Labute approximate surface area is 122 Å². The molecular formula is C14H22Cl2N2. The molecule has 2 nitrogen and oxygen atoms in total. The van der Waals surface area contributed by atoms with Gasteiger partial charge in [0.1, 0.15) is 0 Å². The average Bonchev–Trinajstić information content (AvgIpc) is 2.38. The van der Waals surface area contributed by atoms with Crippen LogP contribution in [0.4, 0.5) is 0 Å². The maximum Gasteiger partial charge on any atom is 0.0383 e. The molecule has 102 valence electrons. The zero-order chi connectivity index (χ0) is 11.2. The number of rotatable bonds is 4. The number of piperazine rings is 1. The highest BCUT2D eigenvalue weighted by Gasteiger charge is 2.20. The van der Waals surface area contributed by atoms with Crippen LogP contribution in [-0.2, 0) is 0 Å². The fourth-order valence-electron chi connectivity index (χ4n) is 2.32. The molecule has 0 radical (unpaired) electrons. The van der Waals surface area contributed by atoms with E-state index in [0.29, 0.717) is 6.04 Å². The molecule has 0 unspecified atom stereocenters. The summed E-state index contributed by atoms with van der Waals surface area (Å²) in [6.07, 6.45) is 3.06. The second-order valence-corrected chi connectivity index (χ2v) is 4.24. The van der Waals surface area contributed by atoms with E-state index in [9.17, 15) is 0 Å². The van der Waals surface area contributed by atoms with Gasteiger partial charge in [-0.15, -0.1) is 31.4 Å². The third-order valence-corrected chi connectivity index (χ3v) is 3.17. The van der Waals surface area contributed by atoms with Crippen LogP contribution in [0.1, 0.15) is 18.0 Å². The van der Waals surface area contributed by atoms with Gasteiger partial charge in [0, 0.05) is 32.2 Å². The Morgan fingerprint density at radius 1 is 1.17 bits per heavy atom. The van der Waals surface area contributed by atoms with Crippen LogP contribution in [0, 0.1) is 0 Å². The van der Waals surface area contributed by atoms with Crippen LogP contribution in [0.2, 0.25) is 0 Å². The molecule has 1 aliphatic rings. The molecule has 0 amide bonds. The van der Waals surface area contributed by atoms with Gasteiger partial charge in [-0.3, -0.25) is 4.90 Å². The summed E-state index contributed by atoms with van der Waals surface area (Å²) < 4.78 is 0. The molecule has 1 N–H and O–H groups in total. The molecule has 0 aromatic heterocycles. The van der Waals surface area contributed by atoms with Crippen molar-refractivity contribution < 1.29 is 0 Å². The summed E-state index contributed by atoms with van der Waals surface area (Å²) in [7, 11) is 0. The number of halogens is 2. The molecule has 2 rings (SSSR count). The number of nitrogens with zero attached hydrogens (tertiary/aromatic N) is 1. The van der Waals surface area contributed by atoms with Gasteiger partial charge >= 0.3 is 0 Å². The first-order valence-corrected chi connectivity index (χ1v) is 6.02. The summed E-state index contributed by atoms with van der Waals surface area (Å²) in [5.74, 6) is 0. The van der Waals surface area contributed by atoms with Gasteiger partial charge in [0.05, 0.1) is 0 Å². The molecule has 1 heterocycles. The zero-order valence-corrected chi connectivity index (χ0v) is 12.2. The Bertz CT molecular complexity index is 324. The largest absolute Gasteiger partial charge is 0.314 e. The van der Waals surface area contributed by atoms with E-state index in [1.165, 1.54) is 5.56 Å². The first kappa shape index (κ1) is 17.5. The maximum absolute atomic E-state index is 3.88. The Balaban J connectivity index is 0.00000144. The summed E-state index contributed by atoms with van der Waals surface area (Å²) >= 11 is 0. The summed E-state index contributed by atoms with van der Waals surface area (Å²) in [5, 5.41) is 3.40. The van der Waals surface area contributed by atoms with E-state index in [-0.39, 0.29) is 24.8 Å². The molecule has 1 aliphatic heterocycles. The molecule has 1 atom stereocenters. The molecule has 0 spiro atoms. The third kappa shape index (κ3) is 4.62. The molecule has 1 fully saturated rings. The Morgan fingerprint density at radius 3 is 2.33 bits per heavy atom. The van der Waals surface area contributed by atoms with Gasteiger partial charge in [-0.25, -0.2) is 0 Å². The molecule has 1 aromatic rings. The molecular weight excluding hydrogens is 267 g/mol. The van der Waals surface area contributed by atoms with Gasteiger partial charge in [0.25, 0.3) is 0 Å². The van der Waals surface area contributed by atoms with E-state index in [2.05, 4.69) is 47.1 Å². The van der Waals surface area contributed by atoms with E-state index >= 15 is 0 Å². The lowest BCUT2D eigenvalue weighted by molar-refractivity contribution is 0.174. The van der Waals surface area contributed by atoms with Gasteiger partial charge in [0.15, 0.2) is 0 Å². The van der Waals surface area contributed by atoms with Gasteiger partial charge in [-0.1, -0.05) is 36.4 Å². The van der Waals surface area contributed by atoms with E-state index in [1.54, 1.807) is 0 Å². The van der Waals surface area contributed by atoms with Crippen molar-refractivity contribution in [2.75, 3.05) is 26.2 Å². The Kier molecular flexibility index (Phi) is 9.12. The summed E-state index contributed by atoms with van der Waals surface area (Å²) in [4.78, 5) is 2.55. The fourth-order valence-corrected chi connectivity index (χ4v) is 2.32. The number of hydrogen-bond donors (Lipinski definition) is 1. The minimum Gasteiger partial charge on any atom is -0.314 e. The van der Waals surface area contributed by atoms with Crippen molar-refractivity contribution in [1.29, 1.82) is 0 Å². The number of benzene rings is 1. The topological polar surface area (TPSA) is 15.3 Å². The molecule has 1 aromatic carbocycles. The van der Waals surface area contributed by atoms with Crippen LogP contribution in [-0.4, -0.2) is 31.1 Å². The van der Waals surface area contributed by atoms with Crippen molar-refractivity contribution in [3.63, 3.8) is 0 Å². The van der Waals surface area contributed by atoms with Crippen LogP contribution in [0.25, 0.3) is 0 Å². The van der Waals surface area contributed by atoms with E-state index in [4.69, 9.17) is 0 Å². The zero-order valence-electron chi connectivity index (χ0n) is 10.5. The van der Waals surface area contributed by atoms with Crippen LogP contribution in [0.3, 0.4) is 0 Å². The van der Waals surface area contributed by atoms with Crippen LogP contribution < -0.4 is 5.32 Å². The molecule has 18 heavy (non-hydrogen) atoms. The number of nitrogens with one attached hydrogen (secondary N) is 1. The minimum absolute atomic E-state index is 0. The van der Waals surface area contributed by atoms with Crippen molar-refractivity contribution in [2.24, 2.45) is 0 Å². The second kappa shape index (κ2) is 9.40. The molecule has 0 bridgehead atoms. The van der Waals surface area contributed by atoms with Crippen molar-refractivity contribution in [2.45, 2.75) is 12.5 Å². The lowest BCUT2D eigenvalue weighted by Gasteiger charge is -2.34. The standard InChI is InChI=1S/C14H20N2.2ClH/c1-2-6-14(13-7-4-3-5-8-13)16-11-9-15-10-12-16;;/h2-5,7-8,14-15H,1,6,9-12H2;2*1H/t14-;;/m0../s1. The van der Waals surface area contributed by atoms with E-state index in [0.717, 1.165) is 32.6 Å². The average molecular weight is 289 g/mol. The highest BCUT2D eigenvalue weighted by Crippen LogP contribution is 2.24. The molecule has 0 saturated carbocycles. The second-order valence-electron chi connectivity index (χ2n) is 4.24. The third-order valence-electron chi connectivity index (χ3n) is 3.17. The summed E-state index contributed by atoms with van der Waals surface area (Å²) in [5.41, 5.74) is 1.41. The Hall–Kier alpha value is -0.540. The van der Waals surface area contributed by atoms with Crippen molar-refractivity contribution in [3.05, 3.63) is 48.6 Å². The predicted octanol–water partition coefficient (Wildman–Crippen LogP) is 3.05. The quantitative estimate of drug-likeness (QED) is 0.857. The highest BCUT2D eigenvalue weighted by molar-refractivity contribution is 5.85. The van der Waals surface area contributed by atoms with Crippen molar-refractivity contribution in [1.82, 2.24) is 10.2 Å². The van der Waals surface area contributed by atoms with Gasteiger partial charge in [-0.05, 0) is 12.0 Å². The molecule has 0 aliphatic carbocycles. The minimum atomic E-state index is 0.